The first-order valence-electron chi connectivity index (χ1n) is 12.5. The van der Waals surface area contributed by atoms with Gasteiger partial charge in [0.25, 0.3) is 11.2 Å². The van der Waals surface area contributed by atoms with E-state index < -0.39 is 16.9 Å². The molecule has 2 aromatic carbocycles. The van der Waals surface area contributed by atoms with Crippen LogP contribution in [0.4, 0.5) is 5.69 Å². The van der Waals surface area contributed by atoms with Gasteiger partial charge in [0.1, 0.15) is 17.3 Å². The van der Waals surface area contributed by atoms with Crippen molar-refractivity contribution >= 4 is 45.0 Å². The number of non-ortho nitro benzene ring substituents is 1. The number of nitro groups is 1. The monoisotopic (exact) mass is 637 g/mol. The predicted molar refractivity (Wildman–Crippen MR) is 157 cm³/mol. The van der Waals surface area contributed by atoms with Crippen molar-refractivity contribution in [1.29, 1.82) is 0 Å². The van der Waals surface area contributed by atoms with E-state index in [0.717, 1.165) is 5.56 Å². The van der Waals surface area contributed by atoms with E-state index in [-0.39, 0.29) is 23.4 Å². The van der Waals surface area contributed by atoms with Crippen molar-refractivity contribution in [3.63, 3.8) is 0 Å². The zero-order valence-corrected chi connectivity index (χ0v) is 24.9. The summed E-state index contributed by atoms with van der Waals surface area (Å²) in [6.45, 7) is 5.44. The van der Waals surface area contributed by atoms with Gasteiger partial charge in [-0.2, -0.15) is 0 Å². The molecule has 1 aliphatic heterocycles. The molecule has 0 N–H and O–H groups in total. The lowest BCUT2D eigenvalue weighted by molar-refractivity contribution is -0.384. The van der Waals surface area contributed by atoms with Crippen LogP contribution in [-0.4, -0.2) is 29.2 Å². The zero-order valence-electron chi connectivity index (χ0n) is 22.5. The lowest BCUT2D eigenvalue weighted by atomic mass is 9.96. The van der Waals surface area contributed by atoms with E-state index in [1.165, 1.54) is 28.0 Å². The van der Waals surface area contributed by atoms with Crippen LogP contribution < -0.4 is 19.6 Å². The summed E-state index contributed by atoms with van der Waals surface area (Å²) in [6, 6.07) is 12.5. The second-order valence-electron chi connectivity index (χ2n) is 9.15. The standard InChI is InChI=1S/C29H24BrN3O7S/c1-5-39-28(35)25-16(3)31-29-32(26(25)17-7-10-23(38-4)21(30)12-17)27(34)24(41-29)14-19-9-11-22(40-19)20-13-18(33(36)37)8-6-15(20)2/h6-14,26H,5H2,1-4H3/b24-14-. The van der Waals surface area contributed by atoms with Crippen LogP contribution in [0.5, 0.6) is 5.75 Å². The summed E-state index contributed by atoms with van der Waals surface area (Å²) in [5.74, 6) is 0.878. The summed E-state index contributed by atoms with van der Waals surface area (Å²) in [4.78, 5) is 42.8. The van der Waals surface area contributed by atoms with Crippen LogP contribution in [0.2, 0.25) is 0 Å². The third-order valence-corrected chi connectivity index (χ3v) is 8.21. The van der Waals surface area contributed by atoms with Gasteiger partial charge in [-0.1, -0.05) is 23.5 Å². The zero-order chi connectivity index (χ0) is 29.4. The molecule has 0 fully saturated rings. The summed E-state index contributed by atoms with van der Waals surface area (Å²) < 4.78 is 19.2. The number of hydrogen-bond acceptors (Lipinski definition) is 9. The molecule has 3 heterocycles. The molecule has 1 aliphatic rings. The molecule has 0 radical (unpaired) electrons. The number of thiazole rings is 1. The molecule has 0 bridgehead atoms. The third kappa shape index (κ3) is 5.27. The van der Waals surface area contributed by atoms with Gasteiger partial charge in [0.05, 0.1) is 45.0 Å². The molecule has 0 saturated heterocycles. The summed E-state index contributed by atoms with van der Waals surface area (Å²) in [5, 5.41) is 11.3. The van der Waals surface area contributed by atoms with Crippen LogP contribution >= 0.6 is 27.3 Å². The van der Waals surface area contributed by atoms with Crippen LogP contribution in [0.15, 0.2) is 78.5 Å². The number of aromatic nitrogens is 1. The number of methoxy groups -OCH3 is 1. The second-order valence-corrected chi connectivity index (χ2v) is 11.0. The third-order valence-electron chi connectivity index (χ3n) is 6.61. The number of nitrogens with zero attached hydrogens (tertiary/aromatic N) is 3. The van der Waals surface area contributed by atoms with Crippen molar-refractivity contribution in [3.05, 3.63) is 111 Å². The molecule has 12 heteroatoms. The van der Waals surface area contributed by atoms with Crippen LogP contribution in [0.25, 0.3) is 17.4 Å². The molecule has 5 rings (SSSR count). The Balaban J connectivity index is 1.64. The quantitative estimate of drug-likeness (QED) is 0.158. The van der Waals surface area contributed by atoms with Gasteiger partial charge in [-0.3, -0.25) is 19.5 Å². The molecule has 0 spiro atoms. The molecule has 41 heavy (non-hydrogen) atoms. The minimum atomic E-state index is -0.783. The molecular formula is C29H24BrN3O7S. The maximum Gasteiger partial charge on any atom is 0.338 e. The highest BCUT2D eigenvalue weighted by Gasteiger charge is 2.33. The molecular weight excluding hydrogens is 614 g/mol. The number of ether oxygens (including phenoxy) is 2. The number of furan rings is 1. The highest BCUT2D eigenvalue weighted by atomic mass is 79.9. The number of carbonyl (C=O) groups excluding carboxylic acids is 1. The van der Waals surface area contributed by atoms with E-state index in [4.69, 9.17) is 13.9 Å². The maximum absolute atomic E-state index is 13.8. The minimum absolute atomic E-state index is 0.0465. The first-order valence-corrected chi connectivity index (χ1v) is 14.1. The Labute approximate surface area is 246 Å². The molecule has 0 saturated carbocycles. The average Bonchev–Trinajstić information content (AvgIpc) is 3.52. The fourth-order valence-electron chi connectivity index (χ4n) is 4.65. The van der Waals surface area contributed by atoms with E-state index in [2.05, 4.69) is 20.9 Å². The van der Waals surface area contributed by atoms with E-state index in [1.54, 1.807) is 63.4 Å². The molecule has 1 atom stereocenters. The van der Waals surface area contributed by atoms with Gasteiger partial charge >= 0.3 is 5.97 Å². The molecule has 4 aromatic rings. The van der Waals surface area contributed by atoms with Crippen LogP contribution in [-0.2, 0) is 9.53 Å². The maximum atomic E-state index is 13.8. The van der Waals surface area contributed by atoms with Crippen LogP contribution in [0.1, 0.15) is 36.8 Å². The lowest BCUT2D eigenvalue weighted by Crippen LogP contribution is -2.39. The van der Waals surface area contributed by atoms with Gasteiger partial charge in [-0.05, 0) is 72.1 Å². The Morgan fingerprint density at radius 1 is 1.22 bits per heavy atom. The van der Waals surface area contributed by atoms with E-state index in [1.807, 2.05) is 6.92 Å². The van der Waals surface area contributed by atoms with Crippen molar-refractivity contribution < 1.29 is 23.6 Å². The average molecular weight is 638 g/mol. The first-order chi connectivity index (χ1) is 19.6. The van der Waals surface area contributed by atoms with Gasteiger partial charge in [0.2, 0.25) is 0 Å². The summed E-state index contributed by atoms with van der Waals surface area (Å²) in [7, 11) is 1.55. The smallest absolute Gasteiger partial charge is 0.338 e. The van der Waals surface area contributed by atoms with Gasteiger partial charge in [0.15, 0.2) is 4.80 Å². The number of benzene rings is 2. The van der Waals surface area contributed by atoms with Gasteiger partial charge in [-0.15, -0.1) is 0 Å². The molecule has 10 nitrogen and oxygen atoms in total. The summed E-state index contributed by atoms with van der Waals surface area (Å²) >= 11 is 4.67. The second kappa shape index (κ2) is 11.3. The van der Waals surface area contributed by atoms with Crippen molar-refractivity contribution in [2.45, 2.75) is 26.8 Å². The number of esters is 1. The number of nitro benzene ring substituents is 1. The fourth-order valence-corrected chi connectivity index (χ4v) is 6.24. The lowest BCUT2D eigenvalue weighted by Gasteiger charge is -2.25. The Bertz CT molecular complexity index is 1920. The topological polar surface area (TPSA) is 126 Å². The highest BCUT2D eigenvalue weighted by Crippen LogP contribution is 2.35. The van der Waals surface area contributed by atoms with Crippen LogP contribution in [0, 0.1) is 17.0 Å². The molecule has 0 amide bonds. The predicted octanol–water partition coefficient (Wildman–Crippen LogP) is 5.05. The van der Waals surface area contributed by atoms with Gasteiger partial charge < -0.3 is 13.9 Å². The number of fused-ring (bicyclic) bond motifs is 1. The molecule has 210 valence electrons. The molecule has 2 aromatic heterocycles. The summed E-state index contributed by atoms with van der Waals surface area (Å²) in [5.41, 5.74) is 2.38. The highest BCUT2D eigenvalue weighted by molar-refractivity contribution is 9.10. The first kappa shape index (κ1) is 28.2. The van der Waals surface area contributed by atoms with Crippen LogP contribution in [0.3, 0.4) is 0 Å². The number of carbonyl (C=O) groups is 1. The molecule has 1 unspecified atom stereocenters. The fraction of sp³-hybridized carbons (Fsp3) is 0.207. The van der Waals surface area contributed by atoms with E-state index in [0.29, 0.717) is 47.9 Å². The van der Waals surface area contributed by atoms with E-state index >= 15 is 0 Å². The number of hydrogen-bond donors (Lipinski definition) is 0. The Kier molecular flexibility index (Phi) is 7.78. The Morgan fingerprint density at radius 3 is 2.68 bits per heavy atom. The number of allylic oxidation sites excluding steroid dienone is 1. The van der Waals surface area contributed by atoms with Crippen molar-refractivity contribution in [1.82, 2.24) is 4.57 Å². The Morgan fingerprint density at radius 2 is 2.00 bits per heavy atom. The normalized spacial score (nSPS) is 15.0. The van der Waals surface area contributed by atoms with Gasteiger partial charge in [0, 0.05) is 23.8 Å². The summed E-state index contributed by atoms with van der Waals surface area (Å²) in [6.07, 6.45) is 1.60. The van der Waals surface area contributed by atoms with Crippen molar-refractivity contribution in [3.8, 4) is 17.1 Å². The number of halogens is 1. The number of aryl methyl sites for hydroxylation is 1. The van der Waals surface area contributed by atoms with E-state index in [9.17, 15) is 19.7 Å². The Hall–Kier alpha value is -4.29. The number of rotatable bonds is 7. The molecule has 0 aliphatic carbocycles. The van der Waals surface area contributed by atoms with Crippen molar-refractivity contribution in [2.75, 3.05) is 13.7 Å². The minimum Gasteiger partial charge on any atom is -0.496 e. The van der Waals surface area contributed by atoms with Crippen molar-refractivity contribution in [2.24, 2.45) is 4.99 Å². The SMILES string of the molecule is CCOC(=O)C1=C(C)N=c2s/c(=C\c3ccc(-c4cc([N+](=O)[O-])ccc4C)o3)c(=O)n2C1c1ccc(OC)c(Br)c1. The van der Waals surface area contributed by atoms with Gasteiger partial charge in [-0.25, -0.2) is 9.79 Å². The largest absolute Gasteiger partial charge is 0.496 e.